The van der Waals surface area contributed by atoms with Crippen LogP contribution in [0.5, 0.6) is 5.75 Å². The number of carbonyl (C=O) groups is 2. The van der Waals surface area contributed by atoms with Gasteiger partial charge in [-0.05, 0) is 47.6 Å². The van der Waals surface area contributed by atoms with Crippen LogP contribution >= 0.6 is 0 Å². The minimum atomic E-state index is -0.438. The molecular weight excluding hydrogens is 402 g/mol. The molecule has 4 rings (SSSR count). The minimum absolute atomic E-state index is 0.133. The number of rotatable bonds is 4. The van der Waals surface area contributed by atoms with E-state index in [1.165, 1.54) is 7.11 Å². The molecule has 1 saturated carbocycles. The number of hydrogen-bond donors (Lipinski definition) is 0. The Morgan fingerprint density at radius 3 is 2.38 bits per heavy atom. The van der Waals surface area contributed by atoms with Crippen LogP contribution in [-0.4, -0.2) is 31.7 Å². The second-order valence-electron chi connectivity index (χ2n) is 9.39. The Balaban J connectivity index is 1.83. The van der Waals surface area contributed by atoms with Gasteiger partial charge >= 0.3 is 5.97 Å². The second kappa shape index (κ2) is 8.38. The van der Waals surface area contributed by atoms with Crippen molar-refractivity contribution >= 4 is 17.5 Å². The lowest BCUT2D eigenvalue weighted by Crippen LogP contribution is -2.44. The quantitative estimate of drug-likeness (QED) is 0.612. The molecule has 2 atom stereocenters. The third kappa shape index (κ3) is 3.99. The molecular formula is C27H29NO4. The SMILES string of the molecule is COC(=O)C1=C(C)N=C2CC(C)(C)CC(=O)C2C1c1cccc(-c2ccc(OC)cc2)c1. The van der Waals surface area contributed by atoms with Gasteiger partial charge in [0.05, 0.1) is 25.7 Å². The maximum atomic E-state index is 13.3. The van der Waals surface area contributed by atoms with Crippen LogP contribution in [0, 0.1) is 11.3 Å². The van der Waals surface area contributed by atoms with Crippen molar-refractivity contribution in [2.75, 3.05) is 14.2 Å². The highest BCUT2D eigenvalue weighted by Crippen LogP contribution is 2.47. The first-order chi connectivity index (χ1) is 15.2. The van der Waals surface area contributed by atoms with Crippen molar-refractivity contribution in [3.05, 3.63) is 65.4 Å². The second-order valence-corrected chi connectivity index (χ2v) is 9.39. The highest BCUT2D eigenvalue weighted by Gasteiger charge is 2.47. The summed E-state index contributed by atoms with van der Waals surface area (Å²) < 4.78 is 10.4. The molecule has 2 aliphatic rings. The van der Waals surface area contributed by atoms with Gasteiger partial charge in [-0.2, -0.15) is 0 Å². The summed E-state index contributed by atoms with van der Waals surface area (Å²) in [6.45, 7) is 6.03. The van der Waals surface area contributed by atoms with Gasteiger partial charge in [0.2, 0.25) is 0 Å². The van der Waals surface area contributed by atoms with E-state index in [0.717, 1.165) is 34.6 Å². The van der Waals surface area contributed by atoms with E-state index in [9.17, 15) is 9.59 Å². The van der Waals surface area contributed by atoms with Gasteiger partial charge in [-0.3, -0.25) is 9.79 Å². The first kappa shape index (κ1) is 22.0. The number of fused-ring (bicyclic) bond motifs is 1. The number of ketones is 1. The van der Waals surface area contributed by atoms with E-state index in [1.54, 1.807) is 7.11 Å². The molecule has 1 heterocycles. The molecule has 5 heteroatoms. The molecule has 2 aromatic rings. The summed E-state index contributed by atoms with van der Waals surface area (Å²) in [4.78, 5) is 30.9. The molecule has 32 heavy (non-hydrogen) atoms. The smallest absolute Gasteiger partial charge is 0.336 e. The van der Waals surface area contributed by atoms with Crippen molar-refractivity contribution in [2.45, 2.75) is 39.5 Å². The Kier molecular flexibility index (Phi) is 5.76. The Morgan fingerprint density at radius 2 is 1.72 bits per heavy atom. The van der Waals surface area contributed by atoms with E-state index in [4.69, 9.17) is 14.5 Å². The largest absolute Gasteiger partial charge is 0.497 e. The van der Waals surface area contributed by atoms with E-state index < -0.39 is 17.8 Å². The minimum Gasteiger partial charge on any atom is -0.497 e. The van der Waals surface area contributed by atoms with Gasteiger partial charge in [0.15, 0.2) is 0 Å². The number of aliphatic imine (C=N–C) groups is 1. The maximum Gasteiger partial charge on any atom is 0.336 e. The van der Waals surface area contributed by atoms with E-state index >= 15 is 0 Å². The summed E-state index contributed by atoms with van der Waals surface area (Å²) in [7, 11) is 3.02. The van der Waals surface area contributed by atoms with Gasteiger partial charge < -0.3 is 9.47 Å². The third-order valence-electron chi connectivity index (χ3n) is 6.44. The van der Waals surface area contributed by atoms with Crippen LogP contribution in [0.3, 0.4) is 0 Å². The zero-order valence-electron chi connectivity index (χ0n) is 19.3. The van der Waals surface area contributed by atoms with Gasteiger partial charge in [0, 0.05) is 23.7 Å². The lowest BCUT2D eigenvalue weighted by atomic mass is 9.63. The van der Waals surface area contributed by atoms with Crippen molar-refractivity contribution in [3.63, 3.8) is 0 Å². The van der Waals surface area contributed by atoms with Crippen molar-refractivity contribution < 1.29 is 19.1 Å². The van der Waals surface area contributed by atoms with E-state index in [-0.39, 0.29) is 11.2 Å². The fourth-order valence-corrected chi connectivity index (χ4v) is 5.02. The summed E-state index contributed by atoms with van der Waals surface area (Å²) in [5, 5.41) is 0. The van der Waals surface area contributed by atoms with Crippen LogP contribution < -0.4 is 4.74 Å². The zero-order chi connectivity index (χ0) is 23.0. The Labute approximate surface area is 189 Å². The molecule has 0 spiro atoms. The third-order valence-corrected chi connectivity index (χ3v) is 6.44. The average Bonchev–Trinajstić information content (AvgIpc) is 2.77. The average molecular weight is 432 g/mol. The Morgan fingerprint density at radius 1 is 1.00 bits per heavy atom. The van der Waals surface area contributed by atoms with E-state index in [1.807, 2.05) is 49.4 Å². The summed E-state index contributed by atoms with van der Waals surface area (Å²) in [5.41, 5.74) is 4.81. The number of ether oxygens (including phenoxy) is 2. The van der Waals surface area contributed by atoms with Crippen molar-refractivity contribution in [1.82, 2.24) is 0 Å². The maximum absolute atomic E-state index is 13.3. The summed E-state index contributed by atoms with van der Waals surface area (Å²) in [6, 6.07) is 15.9. The highest BCUT2D eigenvalue weighted by atomic mass is 16.5. The van der Waals surface area contributed by atoms with Gasteiger partial charge in [0.25, 0.3) is 0 Å². The predicted octanol–water partition coefficient (Wildman–Crippen LogP) is 5.35. The van der Waals surface area contributed by atoms with Gasteiger partial charge in [-0.15, -0.1) is 0 Å². The van der Waals surface area contributed by atoms with Crippen LogP contribution in [0.2, 0.25) is 0 Å². The number of allylic oxidation sites excluding steroid dienone is 1. The normalized spacial score (nSPS) is 22.2. The lowest BCUT2D eigenvalue weighted by molar-refractivity contribution is -0.136. The van der Waals surface area contributed by atoms with Crippen molar-refractivity contribution in [3.8, 4) is 16.9 Å². The fraction of sp³-hybridized carbons (Fsp3) is 0.370. The van der Waals surface area contributed by atoms with Crippen LogP contribution in [-0.2, 0) is 14.3 Å². The van der Waals surface area contributed by atoms with Crippen LogP contribution in [0.15, 0.2) is 64.8 Å². The van der Waals surface area contributed by atoms with Crippen LogP contribution in [0.4, 0.5) is 0 Å². The molecule has 1 aliphatic carbocycles. The number of Topliss-reactive ketones (excluding diaryl/α,β-unsaturated/α-hetero) is 1. The summed E-state index contributed by atoms with van der Waals surface area (Å²) >= 11 is 0. The molecule has 166 valence electrons. The fourth-order valence-electron chi connectivity index (χ4n) is 5.02. The number of hydrogen-bond acceptors (Lipinski definition) is 5. The Bertz CT molecular complexity index is 1120. The zero-order valence-corrected chi connectivity index (χ0v) is 19.3. The van der Waals surface area contributed by atoms with Gasteiger partial charge in [-0.25, -0.2) is 4.79 Å². The highest BCUT2D eigenvalue weighted by molar-refractivity contribution is 6.12. The van der Waals surface area contributed by atoms with Crippen LogP contribution in [0.1, 0.15) is 45.1 Å². The van der Waals surface area contributed by atoms with Crippen molar-refractivity contribution in [2.24, 2.45) is 16.3 Å². The first-order valence-corrected chi connectivity index (χ1v) is 10.9. The molecule has 0 amide bonds. The first-order valence-electron chi connectivity index (χ1n) is 10.9. The number of esters is 1. The molecule has 0 N–H and O–H groups in total. The number of benzene rings is 2. The lowest BCUT2D eigenvalue weighted by Gasteiger charge is -2.41. The monoisotopic (exact) mass is 431 g/mol. The number of nitrogens with zero attached hydrogens (tertiary/aromatic N) is 1. The van der Waals surface area contributed by atoms with Gasteiger partial charge in [-0.1, -0.05) is 50.2 Å². The molecule has 5 nitrogen and oxygen atoms in total. The molecule has 1 fully saturated rings. The van der Waals surface area contributed by atoms with Gasteiger partial charge in [0.1, 0.15) is 11.5 Å². The van der Waals surface area contributed by atoms with E-state index in [2.05, 4.69) is 19.9 Å². The molecule has 1 aliphatic heterocycles. The molecule has 2 unspecified atom stereocenters. The Hall–Kier alpha value is -3.21. The standard InChI is InChI=1S/C27H29NO4/c1-16-23(26(30)32-5)24(25-21(28-16)14-27(2,3)15-22(25)29)19-8-6-7-18(13-19)17-9-11-20(31-4)12-10-17/h6-13,24-25H,14-15H2,1-5H3. The predicted molar refractivity (Wildman–Crippen MR) is 125 cm³/mol. The number of carbonyl (C=O) groups excluding carboxylic acids is 2. The van der Waals surface area contributed by atoms with Crippen LogP contribution in [0.25, 0.3) is 11.1 Å². The molecule has 0 bridgehead atoms. The molecule has 0 radical (unpaired) electrons. The number of methoxy groups -OCH3 is 2. The molecule has 0 saturated heterocycles. The summed E-state index contributed by atoms with van der Waals surface area (Å²) in [6.07, 6.45) is 1.21. The van der Waals surface area contributed by atoms with E-state index in [0.29, 0.717) is 17.7 Å². The van der Waals surface area contributed by atoms with Crippen molar-refractivity contribution in [1.29, 1.82) is 0 Å². The molecule has 2 aromatic carbocycles. The molecule has 0 aromatic heterocycles. The summed E-state index contributed by atoms with van der Waals surface area (Å²) in [5.74, 6) is -0.347. The topological polar surface area (TPSA) is 65.0 Å².